The summed E-state index contributed by atoms with van der Waals surface area (Å²) in [5.74, 6) is 0.110. The van der Waals surface area contributed by atoms with Crippen LogP contribution in [0.15, 0.2) is 11.1 Å². The molecule has 0 amide bonds. The van der Waals surface area contributed by atoms with Crippen LogP contribution in [0.1, 0.15) is 19.5 Å². The van der Waals surface area contributed by atoms with E-state index in [1.807, 2.05) is 13.8 Å². The monoisotopic (exact) mass is 253 g/mol. The molecule has 2 aromatic rings. The normalized spacial score (nSPS) is 13.5. The van der Waals surface area contributed by atoms with Gasteiger partial charge in [-0.15, -0.1) is 0 Å². The standard InChI is InChI=1S/C11H15N3O2S/c1-6(2)8(15)4-14-5-12-10-9(11(14)16)7(3)13-17-10/h5-6,8,15H,4H2,1-3H3. The van der Waals surface area contributed by atoms with E-state index in [1.165, 1.54) is 22.4 Å². The molecule has 0 saturated heterocycles. The summed E-state index contributed by atoms with van der Waals surface area (Å²) in [5.41, 5.74) is 0.580. The summed E-state index contributed by atoms with van der Waals surface area (Å²) in [6.07, 6.45) is 0.937. The van der Waals surface area contributed by atoms with Crippen LogP contribution in [-0.4, -0.2) is 25.1 Å². The maximum Gasteiger partial charge on any atom is 0.264 e. The second-order valence-electron chi connectivity index (χ2n) is 4.46. The molecule has 1 atom stereocenters. The van der Waals surface area contributed by atoms with Crippen LogP contribution in [0.3, 0.4) is 0 Å². The minimum atomic E-state index is -0.543. The Hall–Kier alpha value is -1.27. The van der Waals surface area contributed by atoms with Crippen molar-refractivity contribution in [2.45, 2.75) is 33.4 Å². The second kappa shape index (κ2) is 4.54. The van der Waals surface area contributed by atoms with Crippen molar-refractivity contribution in [1.29, 1.82) is 0 Å². The molecular formula is C11H15N3O2S. The third-order valence-electron chi connectivity index (χ3n) is 2.79. The Labute approximate surface area is 103 Å². The van der Waals surface area contributed by atoms with Crippen LogP contribution < -0.4 is 5.56 Å². The zero-order chi connectivity index (χ0) is 12.6. The van der Waals surface area contributed by atoms with Crippen molar-refractivity contribution in [2.75, 3.05) is 0 Å². The zero-order valence-corrected chi connectivity index (χ0v) is 10.9. The molecular weight excluding hydrogens is 238 g/mol. The molecule has 0 spiro atoms. The number of hydrogen-bond donors (Lipinski definition) is 1. The number of rotatable bonds is 3. The number of aliphatic hydroxyl groups excluding tert-OH is 1. The summed E-state index contributed by atoms with van der Waals surface area (Å²) in [5, 5.41) is 10.4. The number of hydrogen-bond acceptors (Lipinski definition) is 5. The van der Waals surface area contributed by atoms with E-state index in [0.717, 1.165) is 0 Å². The molecule has 1 N–H and O–H groups in total. The average molecular weight is 253 g/mol. The molecule has 6 heteroatoms. The minimum absolute atomic E-state index is 0.110. The van der Waals surface area contributed by atoms with E-state index in [2.05, 4.69) is 9.36 Å². The molecule has 2 heterocycles. The Kier molecular flexibility index (Phi) is 3.26. The predicted octanol–water partition coefficient (Wildman–Crippen LogP) is 1.18. The third-order valence-corrected chi connectivity index (χ3v) is 3.63. The summed E-state index contributed by atoms with van der Waals surface area (Å²) in [7, 11) is 0. The fraction of sp³-hybridized carbons (Fsp3) is 0.545. The minimum Gasteiger partial charge on any atom is -0.391 e. The van der Waals surface area contributed by atoms with Gasteiger partial charge in [0.1, 0.15) is 0 Å². The number of aryl methyl sites for hydroxylation is 1. The number of aliphatic hydroxyl groups is 1. The van der Waals surface area contributed by atoms with Gasteiger partial charge in [-0.3, -0.25) is 9.36 Å². The maximum absolute atomic E-state index is 12.1. The van der Waals surface area contributed by atoms with Crippen LogP contribution in [0.25, 0.3) is 10.2 Å². The van der Waals surface area contributed by atoms with Crippen LogP contribution in [0.5, 0.6) is 0 Å². The van der Waals surface area contributed by atoms with Crippen molar-refractivity contribution in [1.82, 2.24) is 13.9 Å². The highest BCUT2D eigenvalue weighted by molar-refractivity contribution is 7.12. The fourth-order valence-electron chi connectivity index (χ4n) is 1.55. The second-order valence-corrected chi connectivity index (χ2v) is 5.21. The summed E-state index contributed by atoms with van der Waals surface area (Å²) in [6, 6.07) is 0. The Balaban J connectivity index is 2.46. The summed E-state index contributed by atoms with van der Waals surface area (Å²) < 4.78 is 5.57. The Bertz CT molecular complexity index is 588. The van der Waals surface area contributed by atoms with E-state index in [-0.39, 0.29) is 18.0 Å². The van der Waals surface area contributed by atoms with E-state index in [0.29, 0.717) is 15.9 Å². The van der Waals surface area contributed by atoms with Gasteiger partial charge in [-0.2, -0.15) is 4.37 Å². The predicted molar refractivity (Wildman–Crippen MR) is 67.3 cm³/mol. The zero-order valence-electron chi connectivity index (χ0n) is 10.0. The van der Waals surface area contributed by atoms with Gasteiger partial charge in [0.2, 0.25) is 0 Å². The first-order chi connectivity index (χ1) is 8.00. The van der Waals surface area contributed by atoms with E-state index >= 15 is 0 Å². The Morgan fingerprint density at radius 1 is 1.53 bits per heavy atom. The van der Waals surface area contributed by atoms with Gasteiger partial charge in [-0.05, 0) is 24.4 Å². The van der Waals surface area contributed by atoms with Crippen molar-refractivity contribution >= 4 is 21.7 Å². The third kappa shape index (κ3) is 2.23. The van der Waals surface area contributed by atoms with Gasteiger partial charge in [0, 0.05) is 0 Å². The smallest absolute Gasteiger partial charge is 0.264 e. The van der Waals surface area contributed by atoms with Crippen LogP contribution in [0.4, 0.5) is 0 Å². The van der Waals surface area contributed by atoms with E-state index in [9.17, 15) is 9.90 Å². The van der Waals surface area contributed by atoms with E-state index < -0.39 is 6.10 Å². The van der Waals surface area contributed by atoms with Crippen LogP contribution in [-0.2, 0) is 6.54 Å². The SMILES string of the molecule is Cc1nsc2ncn(CC(O)C(C)C)c(=O)c12. The maximum atomic E-state index is 12.1. The molecule has 1 unspecified atom stereocenters. The first-order valence-electron chi connectivity index (χ1n) is 5.50. The first-order valence-corrected chi connectivity index (χ1v) is 6.27. The number of nitrogens with zero attached hydrogens (tertiary/aromatic N) is 3. The molecule has 2 aromatic heterocycles. The lowest BCUT2D eigenvalue weighted by Gasteiger charge is -2.15. The first kappa shape index (κ1) is 12.2. The van der Waals surface area contributed by atoms with Gasteiger partial charge in [0.15, 0.2) is 4.83 Å². The van der Waals surface area contributed by atoms with Gasteiger partial charge in [-0.1, -0.05) is 13.8 Å². The summed E-state index contributed by atoms with van der Waals surface area (Å²) in [4.78, 5) is 17.0. The van der Waals surface area contributed by atoms with Crippen molar-refractivity contribution in [3.05, 3.63) is 22.4 Å². The van der Waals surface area contributed by atoms with Gasteiger partial charge in [0.05, 0.1) is 30.1 Å². The van der Waals surface area contributed by atoms with Crippen molar-refractivity contribution < 1.29 is 5.11 Å². The highest BCUT2D eigenvalue weighted by atomic mass is 32.1. The molecule has 17 heavy (non-hydrogen) atoms. The van der Waals surface area contributed by atoms with E-state index in [4.69, 9.17) is 0 Å². The summed E-state index contributed by atoms with van der Waals surface area (Å²) in [6.45, 7) is 5.90. The highest BCUT2D eigenvalue weighted by Crippen LogP contribution is 2.15. The van der Waals surface area contributed by atoms with Crippen LogP contribution >= 0.6 is 11.5 Å². The lowest BCUT2D eigenvalue weighted by molar-refractivity contribution is 0.105. The molecule has 2 rings (SSSR count). The van der Waals surface area contributed by atoms with Crippen LogP contribution in [0.2, 0.25) is 0 Å². The molecule has 0 radical (unpaired) electrons. The van der Waals surface area contributed by atoms with Gasteiger partial charge < -0.3 is 5.11 Å². The average Bonchev–Trinajstić information content (AvgIpc) is 2.64. The summed E-state index contributed by atoms with van der Waals surface area (Å²) >= 11 is 1.23. The van der Waals surface area contributed by atoms with Crippen molar-refractivity contribution in [3.8, 4) is 0 Å². The largest absolute Gasteiger partial charge is 0.391 e. The lowest BCUT2D eigenvalue weighted by Crippen LogP contribution is -2.29. The van der Waals surface area contributed by atoms with Crippen molar-refractivity contribution in [2.24, 2.45) is 5.92 Å². The molecule has 0 aliphatic carbocycles. The molecule has 92 valence electrons. The molecule has 0 bridgehead atoms. The van der Waals surface area contributed by atoms with Gasteiger partial charge >= 0.3 is 0 Å². The highest BCUT2D eigenvalue weighted by Gasteiger charge is 2.14. The number of aromatic nitrogens is 3. The number of fused-ring (bicyclic) bond motifs is 1. The quantitative estimate of drug-likeness (QED) is 0.891. The molecule has 0 aliphatic rings. The lowest BCUT2D eigenvalue weighted by atomic mass is 10.1. The molecule has 0 aromatic carbocycles. The van der Waals surface area contributed by atoms with Crippen molar-refractivity contribution in [3.63, 3.8) is 0 Å². The Morgan fingerprint density at radius 2 is 2.24 bits per heavy atom. The molecule has 0 aliphatic heterocycles. The fourth-order valence-corrected chi connectivity index (χ4v) is 2.29. The van der Waals surface area contributed by atoms with E-state index in [1.54, 1.807) is 6.92 Å². The topological polar surface area (TPSA) is 68.0 Å². The van der Waals surface area contributed by atoms with Crippen LogP contribution in [0, 0.1) is 12.8 Å². The molecule has 0 fully saturated rings. The van der Waals surface area contributed by atoms with Gasteiger partial charge in [0.25, 0.3) is 5.56 Å². The molecule has 0 saturated carbocycles. The molecule has 5 nitrogen and oxygen atoms in total. The van der Waals surface area contributed by atoms with Gasteiger partial charge in [-0.25, -0.2) is 4.98 Å². The Morgan fingerprint density at radius 3 is 2.88 bits per heavy atom.